The fourth-order valence-electron chi connectivity index (χ4n) is 4.06. The molecule has 1 N–H and O–H groups in total. The molecule has 130 valence electrons. The van der Waals surface area contributed by atoms with Crippen molar-refractivity contribution in [3.63, 3.8) is 0 Å². The molecule has 1 amide bonds. The van der Waals surface area contributed by atoms with Crippen molar-refractivity contribution in [3.05, 3.63) is 53.5 Å². The maximum Gasteiger partial charge on any atom is 0.257 e. The Bertz CT molecular complexity index is 894. The molecule has 1 saturated heterocycles. The second kappa shape index (κ2) is 6.39. The summed E-state index contributed by atoms with van der Waals surface area (Å²) in [5, 5.41) is 7.94. The quantitative estimate of drug-likeness (QED) is 0.792. The van der Waals surface area contributed by atoms with Gasteiger partial charge >= 0.3 is 0 Å². The Morgan fingerprint density at radius 1 is 1.36 bits per heavy atom. The number of aromatic amines is 1. The predicted molar refractivity (Wildman–Crippen MR) is 98.8 cm³/mol. The van der Waals surface area contributed by atoms with Gasteiger partial charge in [0, 0.05) is 48.3 Å². The van der Waals surface area contributed by atoms with Gasteiger partial charge in [0.2, 0.25) is 0 Å². The molecule has 25 heavy (non-hydrogen) atoms. The first-order valence-corrected chi connectivity index (χ1v) is 9.05. The minimum atomic E-state index is 0.0773. The van der Waals surface area contributed by atoms with E-state index in [1.807, 2.05) is 4.90 Å². The first kappa shape index (κ1) is 15.9. The van der Waals surface area contributed by atoms with E-state index in [2.05, 4.69) is 52.9 Å². The van der Waals surface area contributed by atoms with Gasteiger partial charge in [0.25, 0.3) is 5.91 Å². The van der Waals surface area contributed by atoms with Crippen molar-refractivity contribution in [2.75, 3.05) is 13.1 Å². The number of aryl methyl sites for hydroxylation is 2. The smallest absolute Gasteiger partial charge is 0.257 e. The van der Waals surface area contributed by atoms with Crippen molar-refractivity contribution >= 4 is 16.8 Å². The third kappa shape index (κ3) is 2.84. The van der Waals surface area contributed by atoms with Crippen LogP contribution in [-0.4, -0.2) is 38.7 Å². The maximum atomic E-state index is 12.7. The lowest BCUT2D eigenvalue weighted by atomic mass is 9.94. The van der Waals surface area contributed by atoms with E-state index in [0.717, 1.165) is 32.5 Å². The summed E-state index contributed by atoms with van der Waals surface area (Å²) in [6.45, 7) is 6.88. The van der Waals surface area contributed by atoms with Gasteiger partial charge in [-0.15, -0.1) is 0 Å². The highest BCUT2D eigenvalue weighted by Crippen LogP contribution is 2.32. The summed E-state index contributed by atoms with van der Waals surface area (Å²) in [7, 11) is 0. The normalized spacial score (nSPS) is 18.0. The van der Waals surface area contributed by atoms with Gasteiger partial charge < -0.3 is 9.47 Å². The second-order valence-electron chi connectivity index (χ2n) is 6.95. The molecule has 0 aliphatic carbocycles. The lowest BCUT2D eigenvalue weighted by Gasteiger charge is -2.33. The molecule has 1 atom stereocenters. The van der Waals surface area contributed by atoms with Gasteiger partial charge in [-0.1, -0.05) is 11.6 Å². The SMILES string of the molecule is CCn1c(C2CCCN(C(=O)c3cn[nH]c3)C2)cc2cc(C)ccc21. The Labute approximate surface area is 147 Å². The first-order chi connectivity index (χ1) is 12.2. The molecule has 1 aromatic carbocycles. The number of carbonyl (C=O) groups is 1. The van der Waals surface area contributed by atoms with E-state index in [1.54, 1.807) is 12.4 Å². The number of nitrogens with zero attached hydrogens (tertiary/aromatic N) is 3. The van der Waals surface area contributed by atoms with Crippen LogP contribution in [0, 0.1) is 6.92 Å². The summed E-state index contributed by atoms with van der Waals surface area (Å²) in [6.07, 6.45) is 5.46. The van der Waals surface area contributed by atoms with Crippen LogP contribution in [0.4, 0.5) is 0 Å². The van der Waals surface area contributed by atoms with Crippen LogP contribution in [0.5, 0.6) is 0 Å². The number of rotatable bonds is 3. The van der Waals surface area contributed by atoms with Crippen molar-refractivity contribution in [2.45, 2.75) is 39.2 Å². The van der Waals surface area contributed by atoms with E-state index in [1.165, 1.54) is 22.2 Å². The summed E-state index contributed by atoms with van der Waals surface area (Å²) in [6, 6.07) is 8.97. The Morgan fingerprint density at radius 3 is 3.00 bits per heavy atom. The third-order valence-electron chi connectivity index (χ3n) is 5.28. The minimum Gasteiger partial charge on any atom is -0.345 e. The molecule has 3 heterocycles. The summed E-state index contributed by atoms with van der Waals surface area (Å²) < 4.78 is 2.41. The van der Waals surface area contributed by atoms with Crippen LogP contribution in [0.25, 0.3) is 10.9 Å². The van der Waals surface area contributed by atoms with Crippen LogP contribution >= 0.6 is 0 Å². The Kier molecular flexibility index (Phi) is 4.07. The molecule has 0 spiro atoms. The van der Waals surface area contributed by atoms with Gasteiger partial charge in [0.05, 0.1) is 11.8 Å². The largest absolute Gasteiger partial charge is 0.345 e. The van der Waals surface area contributed by atoms with Crippen LogP contribution < -0.4 is 0 Å². The molecule has 5 heteroatoms. The lowest BCUT2D eigenvalue weighted by Crippen LogP contribution is -2.39. The lowest BCUT2D eigenvalue weighted by molar-refractivity contribution is 0.0705. The molecule has 2 aromatic heterocycles. The third-order valence-corrected chi connectivity index (χ3v) is 5.28. The molecule has 1 fully saturated rings. The highest BCUT2D eigenvalue weighted by Gasteiger charge is 2.28. The maximum absolute atomic E-state index is 12.7. The predicted octanol–water partition coefficient (Wildman–Crippen LogP) is 3.71. The molecule has 0 radical (unpaired) electrons. The molecule has 3 aromatic rings. The fourth-order valence-corrected chi connectivity index (χ4v) is 4.06. The summed E-state index contributed by atoms with van der Waals surface area (Å²) >= 11 is 0. The zero-order chi connectivity index (χ0) is 17.4. The summed E-state index contributed by atoms with van der Waals surface area (Å²) in [5.74, 6) is 0.464. The van der Waals surface area contributed by atoms with Crippen molar-refractivity contribution in [3.8, 4) is 0 Å². The highest BCUT2D eigenvalue weighted by molar-refractivity contribution is 5.93. The molecule has 1 aliphatic rings. The van der Waals surface area contributed by atoms with E-state index in [4.69, 9.17) is 0 Å². The van der Waals surface area contributed by atoms with Crippen LogP contribution in [0.1, 0.15) is 47.3 Å². The van der Waals surface area contributed by atoms with Crippen LogP contribution in [0.15, 0.2) is 36.7 Å². The minimum absolute atomic E-state index is 0.0773. The van der Waals surface area contributed by atoms with E-state index >= 15 is 0 Å². The zero-order valence-corrected chi connectivity index (χ0v) is 14.8. The molecular formula is C20H24N4O. The number of likely N-dealkylation sites (tertiary alicyclic amines) is 1. The number of carbonyl (C=O) groups excluding carboxylic acids is 1. The van der Waals surface area contributed by atoms with Gasteiger partial charge in [-0.05, 0) is 44.9 Å². The summed E-state index contributed by atoms with van der Waals surface area (Å²) in [4.78, 5) is 14.6. The second-order valence-corrected chi connectivity index (χ2v) is 6.95. The average Bonchev–Trinajstić information content (AvgIpc) is 3.28. The number of piperidine rings is 1. The molecule has 4 rings (SSSR count). The topological polar surface area (TPSA) is 53.9 Å². The van der Waals surface area contributed by atoms with E-state index in [0.29, 0.717) is 11.5 Å². The Balaban J connectivity index is 1.65. The number of fused-ring (bicyclic) bond motifs is 1. The molecule has 0 bridgehead atoms. The van der Waals surface area contributed by atoms with Gasteiger partial charge in [-0.2, -0.15) is 5.10 Å². The number of aromatic nitrogens is 3. The molecule has 5 nitrogen and oxygen atoms in total. The van der Waals surface area contributed by atoms with E-state index in [-0.39, 0.29) is 5.91 Å². The fraction of sp³-hybridized carbons (Fsp3) is 0.400. The van der Waals surface area contributed by atoms with Crippen molar-refractivity contribution in [2.24, 2.45) is 0 Å². The van der Waals surface area contributed by atoms with E-state index < -0.39 is 0 Å². The number of amides is 1. The van der Waals surface area contributed by atoms with Gasteiger partial charge in [-0.3, -0.25) is 9.89 Å². The van der Waals surface area contributed by atoms with Crippen molar-refractivity contribution in [1.82, 2.24) is 19.7 Å². The number of hydrogen-bond donors (Lipinski definition) is 1. The molecule has 1 aliphatic heterocycles. The summed E-state index contributed by atoms with van der Waals surface area (Å²) in [5.41, 5.74) is 4.58. The van der Waals surface area contributed by atoms with Gasteiger partial charge in [0.1, 0.15) is 0 Å². The average molecular weight is 336 g/mol. The number of nitrogens with one attached hydrogen (secondary N) is 1. The van der Waals surface area contributed by atoms with Crippen LogP contribution in [-0.2, 0) is 6.54 Å². The van der Waals surface area contributed by atoms with Gasteiger partial charge in [0.15, 0.2) is 0 Å². The Hall–Kier alpha value is -2.56. The Morgan fingerprint density at radius 2 is 2.24 bits per heavy atom. The number of hydrogen-bond acceptors (Lipinski definition) is 2. The van der Waals surface area contributed by atoms with Crippen LogP contribution in [0.3, 0.4) is 0 Å². The zero-order valence-electron chi connectivity index (χ0n) is 14.8. The standard InChI is InChI=1S/C20H24N4O/c1-3-24-18-7-6-14(2)9-16(18)10-19(24)15-5-4-8-23(13-15)20(25)17-11-21-22-12-17/h6-7,9-12,15H,3-5,8,13H2,1-2H3,(H,21,22). The molecule has 0 saturated carbocycles. The van der Waals surface area contributed by atoms with Crippen LogP contribution in [0.2, 0.25) is 0 Å². The number of H-pyrrole nitrogens is 1. The molecule has 1 unspecified atom stereocenters. The number of benzene rings is 1. The monoisotopic (exact) mass is 336 g/mol. The highest BCUT2D eigenvalue weighted by atomic mass is 16.2. The van der Waals surface area contributed by atoms with Gasteiger partial charge in [-0.25, -0.2) is 0 Å². The van der Waals surface area contributed by atoms with E-state index in [9.17, 15) is 4.79 Å². The first-order valence-electron chi connectivity index (χ1n) is 9.05. The molecular weight excluding hydrogens is 312 g/mol. The van der Waals surface area contributed by atoms with Crippen molar-refractivity contribution in [1.29, 1.82) is 0 Å². The van der Waals surface area contributed by atoms with Crippen molar-refractivity contribution < 1.29 is 4.79 Å².